The highest BCUT2D eigenvalue weighted by Gasteiger charge is 2.19. The fourth-order valence-corrected chi connectivity index (χ4v) is 7.37. The summed E-state index contributed by atoms with van der Waals surface area (Å²) >= 11 is 0. The molecular weight excluding hydrogens is 829 g/mol. The number of allylic oxidation sites excluding steroid dienone is 16. The van der Waals surface area contributed by atoms with Gasteiger partial charge in [-0.25, -0.2) is 0 Å². The van der Waals surface area contributed by atoms with E-state index in [1.165, 1.54) is 89.9 Å². The predicted molar refractivity (Wildman–Crippen MR) is 288 cm³/mol. The van der Waals surface area contributed by atoms with E-state index in [1.807, 2.05) is 0 Å². The van der Waals surface area contributed by atoms with Gasteiger partial charge in [0.05, 0.1) is 0 Å². The maximum Gasteiger partial charge on any atom is 0.306 e. The van der Waals surface area contributed by atoms with Crippen molar-refractivity contribution in [3.8, 4) is 0 Å². The molecule has 1 atom stereocenters. The summed E-state index contributed by atoms with van der Waals surface area (Å²) in [5.74, 6) is -0.946. The van der Waals surface area contributed by atoms with Crippen molar-refractivity contribution >= 4 is 17.9 Å². The topological polar surface area (TPSA) is 78.9 Å². The smallest absolute Gasteiger partial charge is 0.306 e. The predicted octanol–water partition coefficient (Wildman–Crippen LogP) is 18.5. The molecular formula is C61H102O6. The van der Waals surface area contributed by atoms with Crippen LogP contribution in [0.2, 0.25) is 0 Å². The minimum atomic E-state index is -0.803. The molecule has 6 heteroatoms. The first kappa shape index (κ1) is 63.3. The summed E-state index contributed by atoms with van der Waals surface area (Å²) in [6, 6.07) is 0. The van der Waals surface area contributed by atoms with Crippen molar-refractivity contribution in [2.45, 2.75) is 258 Å². The van der Waals surface area contributed by atoms with Crippen LogP contribution in [0.25, 0.3) is 0 Å². The van der Waals surface area contributed by atoms with E-state index in [-0.39, 0.29) is 37.5 Å². The Morgan fingerprint density at radius 3 is 0.970 bits per heavy atom. The molecule has 0 aromatic carbocycles. The number of carbonyl (C=O) groups is 3. The molecule has 0 aliphatic rings. The van der Waals surface area contributed by atoms with Gasteiger partial charge in [-0.15, -0.1) is 0 Å². The number of esters is 3. The molecule has 6 nitrogen and oxygen atoms in total. The lowest BCUT2D eigenvalue weighted by atomic mass is 10.1. The fraction of sp³-hybridized carbons (Fsp3) is 0.689. The maximum atomic E-state index is 12.8. The number of rotatable bonds is 49. The summed E-state index contributed by atoms with van der Waals surface area (Å²) in [6.07, 6.45) is 72.4. The molecule has 0 rings (SSSR count). The van der Waals surface area contributed by atoms with Gasteiger partial charge >= 0.3 is 17.9 Å². The Labute approximate surface area is 413 Å². The van der Waals surface area contributed by atoms with Crippen LogP contribution in [0.3, 0.4) is 0 Å². The minimum absolute atomic E-state index is 0.0984. The second-order valence-corrected chi connectivity index (χ2v) is 18.1. The van der Waals surface area contributed by atoms with Crippen molar-refractivity contribution in [3.63, 3.8) is 0 Å². The number of ether oxygens (including phenoxy) is 3. The van der Waals surface area contributed by atoms with E-state index in [0.29, 0.717) is 12.8 Å². The molecule has 0 spiro atoms. The van der Waals surface area contributed by atoms with Gasteiger partial charge in [0.15, 0.2) is 6.10 Å². The quantitative estimate of drug-likeness (QED) is 0.0262. The molecule has 0 aromatic rings. The Bertz CT molecular complexity index is 1350. The molecule has 0 N–H and O–H groups in total. The van der Waals surface area contributed by atoms with E-state index in [9.17, 15) is 14.4 Å². The van der Waals surface area contributed by atoms with Gasteiger partial charge in [-0.2, -0.15) is 0 Å². The number of carbonyl (C=O) groups excluding carboxylic acids is 3. The van der Waals surface area contributed by atoms with Gasteiger partial charge in [0.1, 0.15) is 13.2 Å². The van der Waals surface area contributed by atoms with E-state index >= 15 is 0 Å². The second-order valence-electron chi connectivity index (χ2n) is 18.1. The van der Waals surface area contributed by atoms with Gasteiger partial charge in [-0.05, 0) is 122 Å². The Kier molecular flexibility index (Phi) is 51.9. The molecule has 0 aliphatic carbocycles. The Morgan fingerprint density at radius 1 is 0.313 bits per heavy atom. The number of hydrogen-bond donors (Lipinski definition) is 0. The third-order valence-electron chi connectivity index (χ3n) is 11.5. The third kappa shape index (κ3) is 53.2. The first-order valence-corrected chi connectivity index (χ1v) is 27.7. The van der Waals surface area contributed by atoms with Gasteiger partial charge in [0, 0.05) is 19.3 Å². The number of unbranched alkanes of at least 4 members (excludes halogenated alkanes) is 22. The van der Waals surface area contributed by atoms with Crippen molar-refractivity contribution < 1.29 is 28.6 Å². The SMILES string of the molecule is CC/C=C\C/C=C\C/C=C\C/C=C\C/C=C\CCCCCC(=O)O[C@@H](COC(=O)CCCCCCC/C=C\CCCCCC)COC(=O)CCCCCCCCC/C=C\C/C=C\CCCCC. The van der Waals surface area contributed by atoms with Crippen LogP contribution in [0.5, 0.6) is 0 Å². The summed E-state index contributed by atoms with van der Waals surface area (Å²) in [6.45, 7) is 6.44. The van der Waals surface area contributed by atoms with E-state index in [2.05, 4.69) is 118 Å². The highest BCUT2D eigenvalue weighted by atomic mass is 16.6. The average Bonchev–Trinajstić information content (AvgIpc) is 3.33. The van der Waals surface area contributed by atoms with Gasteiger partial charge in [-0.3, -0.25) is 14.4 Å². The van der Waals surface area contributed by atoms with Gasteiger partial charge < -0.3 is 14.2 Å². The lowest BCUT2D eigenvalue weighted by Gasteiger charge is -2.18. The zero-order valence-electron chi connectivity index (χ0n) is 43.6. The average molecular weight is 931 g/mol. The Hall–Kier alpha value is -3.67. The van der Waals surface area contributed by atoms with Crippen molar-refractivity contribution in [2.24, 2.45) is 0 Å². The van der Waals surface area contributed by atoms with Gasteiger partial charge in [0.2, 0.25) is 0 Å². The molecule has 0 saturated heterocycles. The van der Waals surface area contributed by atoms with Crippen LogP contribution in [-0.2, 0) is 28.6 Å². The molecule has 67 heavy (non-hydrogen) atoms. The van der Waals surface area contributed by atoms with Crippen LogP contribution >= 0.6 is 0 Å². The lowest BCUT2D eigenvalue weighted by Crippen LogP contribution is -2.30. The summed E-state index contributed by atoms with van der Waals surface area (Å²) < 4.78 is 16.8. The first-order chi connectivity index (χ1) is 33.0. The molecule has 0 heterocycles. The summed E-state index contributed by atoms with van der Waals surface area (Å²) in [5.41, 5.74) is 0. The normalized spacial score (nSPS) is 12.8. The van der Waals surface area contributed by atoms with E-state index in [1.54, 1.807) is 0 Å². The standard InChI is InChI=1S/C61H102O6/c1-4-7-10-13-16-19-22-25-27-29-30-32-34-37-40-43-46-49-52-55-61(64)67-58(56-65-59(62)53-50-47-44-41-38-35-24-21-18-15-12-9-6-3)57-66-60(63)54-51-48-45-42-39-36-33-31-28-26-23-20-17-14-11-8-5-2/h7,10,16-17,19-21,24-28,30,32,37,40,58H,4-6,8-9,11-15,18,22-23,29,31,33-36,38-39,41-57H2,1-3H3/b10-7-,19-16-,20-17-,24-21-,27-25-,28-26-,32-30-,40-37-/t58-/m0/s1. The van der Waals surface area contributed by atoms with Crippen molar-refractivity contribution in [1.82, 2.24) is 0 Å². The number of hydrogen-bond acceptors (Lipinski definition) is 6. The third-order valence-corrected chi connectivity index (χ3v) is 11.5. The van der Waals surface area contributed by atoms with Crippen LogP contribution < -0.4 is 0 Å². The largest absolute Gasteiger partial charge is 0.462 e. The fourth-order valence-electron chi connectivity index (χ4n) is 7.37. The zero-order chi connectivity index (χ0) is 48.6. The highest BCUT2D eigenvalue weighted by Crippen LogP contribution is 2.14. The van der Waals surface area contributed by atoms with Crippen LogP contribution in [0, 0.1) is 0 Å². The van der Waals surface area contributed by atoms with E-state index in [4.69, 9.17) is 14.2 Å². The molecule has 0 saturated carbocycles. The molecule has 0 unspecified atom stereocenters. The van der Waals surface area contributed by atoms with Crippen molar-refractivity contribution in [3.05, 3.63) is 97.2 Å². The summed E-state index contributed by atoms with van der Waals surface area (Å²) in [4.78, 5) is 38.1. The summed E-state index contributed by atoms with van der Waals surface area (Å²) in [7, 11) is 0. The first-order valence-electron chi connectivity index (χ1n) is 27.7. The second kappa shape index (κ2) is 54.9. The van der Waals surface area contributed by atoms with Crippen molar-refractivity contribution in [2.75, 3.05) is 13.2 Å². The van der Waals surface area contributed by atoms with Crippen molar-refractivity contribution in [1.29, 1.82) is 0 Å². The van der Waals surface area contributed by atoms with E-state index < -0.39 is 6.10 Å². The monoisotopic (exact) mass is 931 g/mol. The van der Waals surface area contributed by atoms with Crippen LogP contribution in [-0.4, -0.2) is 37.2 Å². The Morgan fingerprint density at radius 2 is 0.582 bits per heavy atom. The molecule has 0 amide bonds. The molecule has 0 fully saturated rings. The molecule has 0 bridgehead atoms. The lowest BCUT2D eigenvalue weighted by molar-refractivity contribution is -0.167. The molecule has 0 aromatic heterocycles. The van der Waals surface area contributed by atoms with Gasteiger partial charge in [-0.1, -0.05) is 208 Å². The molecule has 0 aliphatic heterocycles. The molecule has 0 radical (unpaired) electrons. The van der Waals surface area contributed by atoms with Crippen LogP contribution in [0.4, 0.5) is 0 Å². The van der Waals surface area contributed by atoms with Crippen LogP contribution in [0.15, 0.2) is 97.2 Å². The molecule has 382 valence electrons. The highest BCUT2D eigenvalue weighted by molar-refractivity contribution is 5.71. The zero-order valence-corrected chi connectivity index (χ0v) is 43.6. The van der Waals surface area contributed by atoms with E-state index in [0.717, 1.165) is 122 Å². The van der Waals surface area contributed by atoms with Gasteiger partial charge in [0.25, 0.3) is 0 Å². The minimum Gasteiger partial charge on any atom is -0.462 e. The Balaban J connectivity index is 4.48. The van der Waals surface area contributed by atoms with Crippen LogP contribution in [0.1, 0.15) is 252 Å². The maximum absolute atomic E-state index is 12.8. The summed E-state index contributed by atoms with van der Waals surface area (Å²) in [5, 5.41) is 0.